The minimum absolute atomic E-state index is 0.0540. The van der Waals surface area contributed by atoms with Crippen LogP contribution < -0.4 is 15.2 Å². The van der Waals surface area contributed by atoms with Crippen LogP contribution in [0.1, 0.15) is 15.9 Å². The number of fused-ring (bicyclic) bond motifs is 3. The molecule has 0 atom stereocenters. The van der Waals surface area contributed by atoms with Gasteiger partial charge in [-0.05, 0) is 46.8 Å². The van der Waals surface area contributed by atoms with Crippen molar-refractivity contribution in [2.75, 3.05) is 6.79 Å². The van der Waals surface area contributed by atoms with Crippen molar-refractivity contribution in [1.82, 2.24) is 0 Å². The minimum atomic E-state index is -4.42. The molecule has 0 saturated heterocycles. The predicted octanol–water partition coefficient (Wildman–Crippen LogP) is 4.35. The Morgan fingerprint density at radius 1 is 1.00 bits per heavy atom. The highest BCUT2D eigenvalue weighted by atomic mass is 19.4. The average Bonchev–Trinajstić information content (AvgIpc) is 3.09. The molecule has 7 heteroatoms. The van der Waals surface area contributed by atoms with Gasteiger partial charge in [-0.15, -0.1) is 0 Å². The summed E-state index contributed by atoms with van der Waals surface area (Å²) >= 11 is 0. The van der Waals surface area contributed by atoms with Gasteiger partial charge in [0, 0.05) is 10.9 Å². The molecule has 0 aromatic heterocycles. The second-order valence-corrected chi connectivity index (χ2v) is 5.86. The molecule has 0 bridgehead atoms. The number of primary amides is 1. The fourth-order valence-electron chi connectivity index (χ4n) is 3.03. The van der Waals surface area contributed by atoms with Gasteiger partial charge >= 0.3 is 6.18 Å². The van der Waals surface area contributed by atoms with Crippen LogP contribution in [0.25, 0.3) is 21.9 Å². The van der Waals surface area contributed by atoms with E-state index in [-0.39, 0.29) is 12.4 Å². The van der Waals surface area contributed by atoms with Crippen molar-refractivity contribution in [2.24, 2.45) is 5.73 Å². The fraction of sp³-hybridized carbons (Fsp3) is 0.105. The van der Waals surface area contributed by atoms with Crippen LogP contribution in [-0.2, 0) is 6.18 Å². The molecule has 4 rings (SSSR count). The largest absolute Gasteiger partial charge is 0.454 e. The number of carbonyl (C=O) groups is 1. The van der Waals surface area contributed by atoms with Gasteiger partial charge in [0.25, 0.3) is 0 Å². The van der Waals surface area contributed by atoms with Crippen LogP contribution in [0.15, 0.2) is 48.5 Å². The SMILES string of the molecule is NC(=O)c1cc(-c2ccc(C(F)(F)F)cc2)c2c3c(ccc2c1)OCO3. The Hall–Kier alpha value is -3.22. The van der Waals surface area contributed by atoms with E-state index in [2.05, 4.69) is 0 Å². The number of nitrogens with two attached hydrogens (primary N) is 1. The zero-order valence-electron chi connectivity index (χ0n) is 13.3. The maximum Gasteiger partial charge on any atom is 0.416 e. The Balaban J connectivity index is 1.98. The Kier molecular flexibility index (Phi) is 3.54. The van der Waals surface area contributed by atoms with E-state index in [1.165, 1.54) is 12.1 Å². The van der Waals surface area contributed by atoms with E-state index in [4.69, 9.17) is 15.2 Å². The Morgan fingerprint density at radius 3 is 2.38 bits per heavy atom. The van der Waals surface area contributed by atoms with Gasteiger partial charge in [-0.2, -0.15) is 13.2 Å². The molecule has 1 heterocycles. The number of rotatable bonds is 2. The summed E-state index contributed by atoms with van der Waals surface area (Å²) in [6.45, 7) is 0.0540. The van der Waals surface area contributed by atoms with Crippen molar-refractivity contribution < 1.29 is 27.4 Å². The van der Waals surface area contributed by atoms with Gasteiger partial charge in [0.15, 0.2) is 11.5 Å². The summed E-state index contributed by atoms with van der Waals surface area (Å²) in [4.78, 5) is 11.7. The van der Waals surface area contributed by atoms with E-state index >= 15 is 0 Å². The monoisotopic (exact) mass is 359 g/mol. The maximum absolute atomic E-state index is 12.8. The number of benzene rings is 3. The Morgan fingerprint density at radius 2 is 1.73 bits per heavy atom. The van der Waals surface area contributed by atoms with E-state index < -0.39 is 17.6 Å². The zero-order chi connectivity index (χ0) is 18.5. The first-order valence-corrected chi connectivity index (χ1v) is 7.68. The predicted molar refractivity (Wildman–Crippen MR) is 89.0 cm³/mol. The van der Waals surface area contributed by atoms with Crippen LogP contribution in [0.5, 0.6) is 11.5 Å². The number of carbonyl (C=O) groups excluding carboxylic acids is 1. The number of alkyl halides is 3. The quantitative estimate of drug-likeness (QED) is 0.740. The Bertz CT molecular complexity index is 1030. The summed E-state index contributed by atoms with van der Waals surface area (Å²) in [5.74, 6) is 0.406. The number of ether oxygens (including phenoxy) is 2. The first kappa shape index (κ1) is 16.3. The lowest BCUT2D eigenvalue weighted by molar-refractivity contribution is -0.137. The highest BCUT2D eigenvalue weighted by molar-refractivity contribution is 6.07. The van der Waals surface area contributed by atoms with Crippen LogP contribution in [0.4, 0.5) is 13.2 Å². The molecule has 0 aliphatic carbocycles. The molecule has 0 radical (unpaired) electrons. The maximum atomic E-state index is 12.8. The summed E-state index contributed by atoms with van der Waals surface area (Å²) in [6.07, 6.45) is -4.42. The number of hydrogen-bond acceptors (Lipinski definition) is 3. The van der Waals surface area contributed by atoms with Crippen LogP contribution >= 0.6 is 0 Å². The van der Waals surface area contributed by atoms with E-state index in [1.807, 2.05) is 0 Å². The molecule has 1 amide bonds. The molecule has 1 aliphatic heterocycles. The summed E-state index contributed by atoms with van der Waals surface area (Å²) < 4.78 is 49.4. The van der Waals surface area contributed by atoms with Gasteiger partial charge in [-0.3, -0.25) is 4.79 Å². The van der Waals surface area contributed by atoms with Gasteiger partial charge in [0.1, 0.15) is 0 Å². The van der Waals surface area contributed by atoms with Crippen molar-refractivity contribution in [3.8, 4) is 22.6 Å². The molecule has 0 fully saturated rings. The molecule has 3 aromatic carbocycles. The highest BCUT2D eigenvalue weighted by Crippen LogP contribution is 2.44. The highest BCUT2D eigenvalue weighted by Gasteiger charge is 2.30. The molecule has 26 heavy (non-hydrogen) atoms. The van der Waals surface area contributed by atoms with Crippen LogP contribution in [0.2, 0.25) is 0 Å². The molecule has 132 valence electrons. The summed E-state index contributed by atoms with van der Waals surface area (Å²) in [7, 11) is 0. The second kappa shape index (κ2) is 5.66. The zero-order valence-corrected chi connectivity index (χ0v) is 13.3. The molecular formula is C19H12F3NO3. The van der Waals surface area contributed by atoms with E-state index in [1.54, 1.807) is 24.3 Å². The lowest BCUT2D eigenvalue weighted by Crippen LogP contribution is -2.11. The van der Waals surface area contributed by atoms with Gasteiger partial charge in [0.05, 0.1) is 5.56 Å². The van der Waals surface area contributed by atoms with E-state index in [0.717, 1.165) is 12.1 Å². The first-order valence-electron chi connectivity index (χ1n) is 7.68. The lowest BCUT2D eigenvalue weighted by Gasteiger charge is -2.13. The summed E-state index contributed by atoms with van der Waals surface area (Å²) in [6, 6.07) is 11.4. The third-order valence-electron chi connectivity index (χ3n) is 4.26. The van der Waals surface area contributed by atoms with Crippen molar-refractivity contribution >= 4 is 16.7 Å². The number of hydrogen-bond donors (Lipinski definition) is 1. The normalized spacial score (nSPS) is 13.2. The second-order valence-electron chi connectivity index (χ2n) is 5.86. The Labute approximate surface area is 145 Å². The molecule has 2 N–H and O–H groups in total. The standard InChI is InChI=1S/C19H12F3NO3/c20-19(21,22)13-4-1-10(2-5-13)14-8-12(18(23)24)7-11-3-6-15-17(16(11)14)26-9-25-15/h1-8H,9H2,(H2,23,24). The van der Waals surface area contributed by atoms with Crippen LogP contribution in [0, 0.1) is 0 Å². The number of amides is 1. The molecule has 0 spiro atoms. The fourth-order valence-corrected chi connectivity index (χ4v) is 3.03. The van der Waals surface area contributed by atoms with Crippen molar-refractivity contribution in [3.63, 3.8) is 0 Å². The summed E-state index contributed by atoms with van der Waals surface area (Å²) in [5.41, 5.74) is 5.97. The molecule has 0 unspecified atom stereocenters. The molecule has 3 aromatic rings. The van der Waals surface area contributed by atoms with E-state index in [9.17, 15) is 18.0 Å². The van der Waals surface area contributed by atoms with Crippen molar-refractivity contribution in [3.05, 3.63) is 59.7 Å². The summed E-state index contributed by atoms with van der Waals surface area (Å²) in [5, 5.41) is 1.34. The molecule has 0 saturated carbocycles. The van der Waals surface area contributed by atoms with Gasteiger partial charge in [0.2, 0.25) is 12.7 Å². The van der Waals surface area contributed by atoms with Gasteiger partial charge in [-0.1, -0.05) is 18.2 Å². The average molecular weight is 359 g/mol. The molecule has 1 aliphatic rings. The number of halogens is 3. The molecular weight excluding hydrogens is 347 g/mol. The van der Waals surface area contributed by atoms with Crippen LogP contribution in [0.3, 0.4) is 0 Å². The topological polar surface area (TPSA) is 61.6 Å². The molecule has 4 nitrogen and oxygen atoms in total. The van der Waals surface area contributed by atoms with Crippen molar-refractivity contribution in [2.45, 2.75) is 6.18 Å². The van der Waals surface area contributed by atoms with Gasteiger partial charge < -0.3 is 15.2 Å². The minimum Gasteiger partial charge on any atom is -0.454 e. The first-order chi connectivity index (χ1) is 12.3. The van der Waals surface area contributed by atoms with Crippen molar-refractivity contribution in [1.29, 1.82) is 0 Å². The van der Waals surface area contributed by atoms with Gasteiger partial charge in [-0.25, -0.2) is 0 Å². The smallest absolute Gasteiger partial charge is 0.416 e. The van der Waals surface area contributed by atoms with E-state index in [0.29, 0.717) is 33.4 Å². The lowest BCUT2D eigenvalue weighted by atomic mass is 9.94. The third kappa shape index (κ3) is 2.61. The third-order valence-corrected chi connectivity index (χ3v) is 4.26. The van der Waals surface area contributed by atoms with Crippen LogP contribution in [-0.4, -0.2) is 12.7 Å².